The maximum Gasteiger partial charge on any atom is 0.122 e. The molecule has 0 aliphatic heterocycles. The first-order valence-corrected chi connectivity index (χ1v) is 7.21. The molecule has 0 aliphatic carbocycles. The third-order valence-electron chi connectivity index (χ3n) is 3.74. The third kappa shape index (κ3) is 3.99. The second-order valence-electron chi connectivity index (χ2n) is 4.97. The summed E-state index contributed by atoms with van der Waals surface area (Å²) in [5.74, 6) is 1.78. The molecular weight excluding hydrogens is 262 g/mol. The van der Waals surface area contributed by atoms with Crippen molar-refractivity contribution in [2.45, 2.75) is 18.9 Å². The number of aryl methyl sites for hydroxylation is 1. The van der Waals surface area contributed by atoms with E-state index in [0.29, 0.717) is 6.04 Å². The van der Waals surface area contributed by atoms with E-state index < -0.39 is 0 Å². The Morgan fingerprint density at radius 1 is 1.00 bits per heavy atom. The summed E-state index contributed by atoms with van der Waals surface area (Å²) in [7, 11) is 5.39. The minimum atomic E-state index is 0.335. The van der Waals surface area contributed by atoms with E-state index in [4.69, 9.17) is 9.47 Å². The number of hydrogen-bond donors (Lipinski definition) is 1. The average Bonchev–Trinajstić information content (AvgIpc) is 2.56. The Morgan fingerprint density at radius 3 is 2.38 bits per heavy atom. The van der Waals surface area contributed by atoms with Crippen molar-refractivity contribution >= 4 is 0 Å². The molecule has 0 fully saturated rings. The highest BCUT2D eigenvalue weighted by Gasteiger charge is 2.11. The lowest BCUT2D eigenvalue weighted by Crippen LogP contribution is -2.17. The van der Waals surface area contributed by atoms with Crippen LogP contribution in [-0.4, -0.2) is 21.3 Å². The Kier molecular flexibility index (Phi) is 5.64. The number of methoxy groups -OCH3 is 2. The first kappa shape index (κ1) is 15.4. The summed E-state index contributed by atoms with van der Waals surface area (Å²) in [6, 6.07) is 16.8. The van der Waals surface area contributed by atoms with Crippen molar-refractivity contribution in [2.24, 2.45) is 0 Å². The minimum Gasteiger partial charge on any atom is -0.497 e. The van der Waals surface area contributed by atoms with Gasteiger partial charge in [0.05, 0.1) is 14.2 Å². The highest BCUT2D eigenvalue weighted by atomic mass is 16.5. The van der Waals surface area contributed by atoms with Crippen LogP contribution in [0.15, 0.2) is 48.5 Å². The zero-order valence-electron chi connectivity index (χ0n) is 12.9. The van der Waals surface area contributed by atoms with Crippen LogP contribution in [0.1, 0.15) is 23.6 Å². The quantitative estimate of drug-likeness (QED) is 0.843. The van der Waals surface area contributed by atoms with E-state index in [0.717, 1.165) is 24.3 Å². The molecule has 0 saturated heterocycles. The molecule has 0 radical (unpaired) electrons. The first-order valence-electron chi connectivity index (χ1n) is 7.21. The second-order valence-corrected chi connectivity index (χ2v) is 4.97. The van der Waals surface area contributed by atoms with E-state index in [1.54, 1.807) is 14.2 Å². The molecule has 3 nitrogen and oxygen atoms in total. The fourth-order valence-corrected chi connectivity index (χ4v) is 2.54. The van der Waals surface area contributed by atoms with Gasteiger partial charge in [0.2, 0.25) is 0 Å². The van der Waals surface area contributed by atoms with Crippen LogP contribution in [0.4, 0.5) is 0 Å². The molecule has 0 spiro atoms. The predicted octanol–water partition coefficient (Wildman–Crippen LogP) is 3.60. The highest BCUT2D eigenvalue weighted by molar-refractivity contribution is 5.40. The van der Waals surface area contributed by atoms with E-state index in [1.165, 1.54) is 11.1 Å². The van der Waals surface area contributed by atoms with Crippen LogP contribution in [0.3, 0.4) is 0 Å². The molecule has 0 bridgehead atoms. The van der Waals surface area contributed by atoms with Crippen molar-refractivity contribution in [3.05, 3.63) is 59.7 Å². The number of rotatable bonds is 7. The van der Waals surface area contributed by atoms with Gasteiger partial charge in [-0.2, -0.15) is 0 Å². The number of hydrogen-bond acceptors (Lipinski definition) is 3. The second kappa shape index (κ2) is 7.70. The standard InChI is InChI=1S/C18H23NO2/c1-19-17(14-7-5-4-6-8-14)11-9-15-13-16(20-2)10-12-18(15)21-3/h4-8,10,12-13,17,19H,9,11H2,1-3H3. The van der Waals surface area contributed by atoms with E-state index in [-0.39, 0.29) is 0 Å². The van der Waals surface area contributed by atoms with Crippen LogP contribution < -0.4 is 14.8 Å². The topological polar surface area (TPSA) is 30.5 Å². The van der Waals surface area contributed by atoms with Crippen molar-refractivity contribution in [2.75, 3.05) is 21.3 Å². The van der Waals surface area contributed by atoms with Crippen molar-refractivity contribution in [3.8, 4) is 11.5 Å². The first-order chi connectivity index (χ1) is 10.3. The third-order valence-corrected chi connectivity index (χ3v) is 3.74. The van der Waals surface area contributed by atoms with E-state index in [9.17, 15) is 0 Å². The van der Waals surface area contributed by atoms with Gasteiger partial charge < -0.3 is 14.8 Å². The average molecular weight is 285 g/mol. The number of nitrogens with one attached hydrogen (secondary N) is 1. The maximum absolute atomic E-state index is 5.44. The summed E-state index contributed by atoms with van der Waals surface area (Å²) in [6.45, 7) is 0. The summed E-state index contributed by atoms with van der Waals surface area (Å²) in [6.07, 6.45) is 1.94. The minimum absolute atomic E-state index is 0.335. The summed E-state index contributed by atoms with van der Waals surface area (Å²) in [5, 5.41) is 3.38. The molecule has 2 aromatic rings. The molecule has 2 aromatic carbocycles. The molecule has 112 valence electrons. The molecule has 0 heterocycles. The number of ether oxygens (including phenoxy) is 2. The lowest BCUT2D eigenvalue weighted by Gasteiger charge is -2.18. The largest absolute Gasteiger partial charge is 0.497 e. The van der Waals surface area contributed by atoms with Crippen LogP contribution in [0.2, 0.25) is 0 Å². The Balaban J connectivity index is 2.11. The predicted molar refractivity (Wildman–Crippen MR) is 86.1 cm³/mol. The fourth-order valence-electron chi connectivity index (χ4n) is 2.54. The van der Waals surface area contributed by atoms with Crippen LogP contribution in [0, 0.1) is 0 Å². The molecule has 1 atom stereocenters. The van der Waals surface area contributed by atoms with Crippen LogP contribution >= 0.6 is 0 Å². The molecule has 2 rings (SSSR count). The fraction of sp³-hybridized carbons (Fsp3) is 0.333. The van der Waals surface area contributed by atoms with Gasteiger partial charge in [0.1, 0.15) is 11.5 Å². The van der Waals surface area contributed by atoms with E-state index in [1.807, 2.05) is 25.2 Å². The van der Waals surface area contributed by atoms with E-state index >= 15 is 0 Å². The summed E-state index contributed by atoms with van der Waals surface area (Å²) < 4.78 is 10.7. The van der Waals surface area contributed by atoms with Crippen molar-refractivity contribution in [3.63, 3.8) is 0 Å². The van der Waals surface area contributed by atoms with Gasteiger partial charge in [-0.05, 0) is 49.2 Å². The number of benzene rings is 2. The van der Waals surface area contributed by atoms with Gasteiger partial charge in [-0.15, -0.1) is 0 Å². The van der Waals surface area contributed by atoms with Gasteiger partial charge in [-0.3, -0.25) is 0 Å². The van der Waals surface area contributed by atoms with Gasteiger partial charge in [0, 0.05) is 6.04 Å². The maximum atomic E-state index is 5.44. The lowest BCUT2D eigenvalue weighted by molar-refractivity contribution is 0.397. The molecule has 1 N–H and O–H groups in total. The molecule has 3 heteroatoms. The molecular formula is C18H23NO2. The Morgan fingerprint density at radius 2 is 1.76 bits per heavy atom. The Bertz CT molecular complexity index is 554. The normalized spacial score (nSPS) is 12.0. The van der Waals surface area contributed by atoms with Crippen molar-refractivity contribution in [1.82, 2.24) is 5.32 Å². The van der Waals surface area contributed by atoms with E-state index in [2.05, 4.69) is 35.6 Å². The van der Waals surface area contributed by atoms with Gasteiger partial charge in [-0.1, -0.05) is 30.3 Å². The molecule has 21 heavy (non-hydrogen) atoms. The monoisotopic (exact) mass is 285 g/mol. The van der Waals surface area contributed by atoms with Crippen LogP contribution in [0.5, 0.6) is 11.5 Å². The Hall–Kier alpha value is -2.00. The van der Waals surface area contributed by atoms with Crippen LogP contribution in [0.25, 0.3) is 0 Å². The zero-order chi connectivity index (χ0) is 15.1. The summed E-state index contributed by atoms with van der Waals surface area (Å²) in [5.41, 5.74) is 2.48. The molecule has 0 aromatic heterocycles. The highest BCUT2D eigenvalue weighted by Crippen LogP contribution is 2.27. The van der Waals surface area contributed by atoms with Gasteiger partial charge in [-0.25, -0.2) is 0 Å². The molecule has 1 unspecified atom stereocenters. The Labute approximate surface area is 126 Å². The van der Waals surface area contributed by atoms with Crippen molar-refractivity contribution in [1.29, 1.82) is 0 Å². The van der Waals surface area contributed by atoms with Crippen LogP contribution in [-0.2, 0) is 6.42 Å². The van der Waals surface area contributed by atoms with Gasteiger partial charge in [0.15, 0.2) is 0 Å². The molecule has 0 aliphatic rings. The smallest absolute Gasteiger partial charge is 0.122 e. The summed E-state index contributed by atoms with van der Waals surface area (Å²) >= 11 is 0. The van der Waals surface area contributed by atoms with Gasteiger partial charge in [0.25, 0.3) is 0 Å². The van der Waals surface area contributed by atoms with Gasteiger partial charge >= 0.3 is 0 Å². The lowest BCUT2D eigenvalue weighted by atomic mass is 9.98. The molecule has 0 saturated carbocycles. The van der Waals surface area contributed by atoms with Crippen molar-refractivity contribution < 1.29 is 9.47 Å². The zero-order valence-corrected chi connectivity index (χ0v) is 12.9. The summed E-state index contributed by atoms with van der Waals surface area (Å²) in [4.78, 5) is 0. The SMILES string of the molecule is CNC(CCc1cc(OC)ccc1OC)c1ccccc1. The molecule has 0 amide bonds.